The average Bonchev–Trinajstić information content (AvgIpc) is 2.61. The Morgan fingerprint density at radius 1 is 0.565 bits per heavy atom. The van der Waals surface area contributed by atoms with E-state index < -0.39 is 0 Å². The van der Waals surface area contributed by atoms with Crippen molar-refractivity contribution >= 4 is 7.69 Å². The van der Waals surface area contributed by atoms with Gasteiger partial charge in [0.05, 0.1) is 28.4 Å². The third kappa shape index (κ3) is 4.15. The molecule has 6 nitrogen and oxygen atoms in total. The van der Waals surface area contributed by atoms with E-state index in [9.17, 15) is 0 Å². The Balaban J connectivity index is 2.02. The molecule has 2 aromatic carbocycles. The van der Waals surface area contributed by atoms with Crippen LogP contribution in [-0.2, 0) is 0 Å². The number of rotatable bonds is 8. The van der Waals surface area contributed by atoms with Crippen LogP contribution < -0.4 is 28.3 Å². The van der Waals surface area contributed by atoms with Gasteiger partial charge in [-0.3, -0.25) is 0 Å². The fourth-order valence-corrected chi connectivity index (χ4v) is 1.87. The van der Waals surface area contributed by atoms with Crippen LogP contribution in [0.4, 0.5) is 0 Å². The van der Waals surface area contributed by atoms with Crippen LogP contribution >= 0.6 is 0 Å². The average molecular weight is 317 g/mol. The van der Waals surface area contributed by atoms with Crippen LogP contribution in [-0.4, -0.2) is 36.1 Å². The van der Waals surface area contributed by atoms with Crippen molar-refractivity contribution in [2.24, 2.45) is 0 Å². The molecule has 0 amide bonds. The Morgan fingerprint density at radius 2 is 1.00 bits per heavy atom. The maximum absolute atomic E-state index is 5.47. The van der Waals surface area contributed by atoms with Crippen molar-refractivity contribution in [2.75, 3.05) is 28.4 Å². The Hall–Kier alpha value is -2.70. The van der Waals surface area contributed by atoms with E-state index >= 15 is 0 Å². The van der Waals surface area contributed by atoms with Gasteiger partial charge >= 0.3 is 7.69 Å². The quantitative estimate of drug-likeness (QED) is 0.698. The standard InChI is InChI=1S/C16H18BO6/c1-18-11-5-7-13(15(9-11)20-3)22-17-23-14-8-6-12(19-2)10-16(14)21-4/h5-10H,1-4H3. The van der Waals surface area contributed by atoms with Gasteiger partial charge in [0.1, 0.15) is 23.0 Å². The third-order valence-corrected chi connectivity index (χ3v) is 3.09. The molecule has 0 aliphatic rings. The van der Waals surface area contributed by atoms with E-state index in [0.717, 1.165) is 0 Å². The summed E-state index contributed by atoms with van der Waals surface area (Å²) >= 11 is 0. The largest absolute Gasteiger partial charge is 0.658 e. The zero-order chi connectivity index (χ0) is 16.7. The molecule has 0 aliphatic heterocycles. The van der Waals surface area contributed by atoms with Gasteiger partial charge in [-0.2, -0.15) is 0 Å². The highest BCUT2D eigenvalue weighted by molar-refractivity contribution is 6.21. The molecule has 0 fully saturated rings. The van der Waals surface area contributed by atoms with Crippen LogP contribution in [0, 0.1) is 0 Å². The van der Waals surface area contributed by atoms with E-state index in [2.05, 4.69) is 0 Å². The van der Waals surface area contributed by atoms with Crippen LogP contribution in [0.3, 0.4) is 0 Å². The molecular weight excluding hydrogens is 299 g/mol. The summed E-state index contributed by atoms with van der Waals surface area (Å²) in [6, 6.07) is 10.4. The minimum Gasteiger partial charge on any atom is -0.524 e. The fraction of sp³-hybridized carbons (Fsp3) is 0.250. The smallest absolute Gasteiger partial charge is 0.524 e. The van der Waals surface area contributed by atoms with Crippen molar-refractivity contribution in [2.45, 2.75) is 0 Å². The molecule has 2 rings (SSSR count). The van der Waals surface area contributed by atoms with E-state index in [4.69, 9.17) is 28.3 Å². The Morgan fingerprint density at radius 3 is 1.35 bits per heavy atom. The second kappa shape index (κ2) is 8.07. The zero-order valence-corrected chi connectivity index (χ0v) is 13.5. The van der Waals surface area contributed by atoms with Gasteiger partial charge in [0.25, 0.3) is 0 Å². The summed E-state index contributed by atoms with van der Waals surface area (Å²) < 4.78 is 31.7. The Labute approximate surface area is 136 Å². The predicted molar refractivity (Wildman–Crippen MR) is 86.1 cm³/mol. The summed E-state index contributed by atoms with van der Waals surface area (Å²) in [5, 5.41) is 0. The molecule has 0 bridgehead atoms. The van der Waals surface area contributed by atoms with Crippen molar-refractivity contribution < 1.29 is 28.3 Å². The number of hydrogen-bond donors (Lipinski definition) is 0. The van der Waals surface area contributed by atoms with E-state index in [-0.39, 0.29) is 0 Å². The van der Waals surface area contributed by atoms with Crippen LogP contribution in [0.25, 0.3) is 0 Å². The molecular formula is C16H18BO6. The zero-order valence-electron chi connectivity index (χ0n) is 13.5. The van der Waals surface area contributed by atoms with Crippen molar-refractivity contribution in [1.82, 2.24) is 0 Å². The number of ether oxygens (including phenoxy) is 4. The van der Waals surface area contributed by atoms with Gasteiger partial charge in [-0.15, -0.1) is 0 Å². The van der Waals surface area contributed by atoms with Gasteiger partial charge < -0.3 is 28.3 Å². The molecule has 1 radical (unpaired) electrons. The second-order valence-electron chi connectivity index (χ2n) is 4.37. The monoisotopic (exact) mass is 317 g/mol. The molecule has 0 atom stereocenters. The van der Waals surface area contributed by atoms with Gasteiger partial charge in [-0.25, -0.2) is 0 Å². The molecule has 0 aromatic heterocycles. The predicted octanol–water partition coefficient (Wildman–Crippen LogP) is 2.71. The van der Waals surface area contributed by atoms with Gasteiger partial charge in [-0.05, 0) is 24.3 Å². The van der Waals surface area contributed by atoms with E-state index in [0.29, 0.717) is 34.5 Å². The van der Waals surface area contributed by atoms with Crippen LogP contribution in [0.5, 0.6) is 34.5 Å². The molecule has 7 heteroatoms. The molecule has 0 saturated carbocycles. The lowest BCUT2D eigenvalue weighted by Crippen LogP contribution is -2.12. The van der Waals surface area contributed by atoms with Crippen molar-refractivity contribution in [3.8, 4) is 34.5 Å². The molecule has 0 unspecified atom stereocenters. The lowest BCUT2D eigenvalue weighted by molar-refractivity contribution is 0.361. The normalized spacial score (nSPS) is 9.74. The molecule has 2 aromatic rings. The first-order chi connectivity index (χ1) is 11.2. The Bertz CT molecular complexity index is 591. The Kier molecular flexibility index (Phi) is 5.85. The molecule has 0 N–H and O–H groups in total. The third-order valence-electron chi connectivity index (χ3n) is 3.09. The molecule has 0 aliphatic carbocycles. The van der Waals surface area contributed by atoms with Crippen LogP contribution in [0.15, 0.2) is 36.4 Å². The first kappa shape index (κ1) is 16.7. The molecule has 0 saturated heterocycles. The summed E-state index contributed by atoms with van der Waals surface area (Å²) in [6.07, 6.45) is 0. The maximum atomic E-state index is 5.47. The lowest BCUT2D eigenvalue weighted by Gasteiger charge is -2.13. The van der Waals surface area contributed by atoms with E-state index in [1.165, 1.54) is 7.69 Å². The summed E-state index contributed by atoms with van der Waals surface area (Å²) in [7, 11) is 7.47. The molecule has 0 heterocycles. The highest BCUT2D eigenvalue weighted by Gasteiger charge is 2.12. The minimum absolute atomic E-state index is 0.501. The van der Waals surface area contributed by atoms with Crippen molar-refractivity contribution in [1.29, 1.82) is 0 Å². The maximum Gasteiger partial charge on any atom is 0.658 e. The van der Waals surface area contributed by atoms with Crippen molar-refractivity contribution in [3.05, 3.63) is 36.4 Å². The highest BCUT2D eigenvalue weighted by Crippen LogP contribution is 2.33. The van der Waals surface area contributed by atoms with E-state index in [1.54, 1.807) is 64.8 Å². The summed E-state index contributed by atoms with van der Waals surface area (Å²) in [6.45, 7) is 0. The van der Waals surface area contributed by atoms with Gasteiger partial charge in [0, 0.05) is 12.1 Å². The molecule has 121 valence electrons. The van der Waals surface area contributed by atoms with Gasteiger partial charge in [-0.1, -0.05) is 0 Å². The molecule has 23 heavy (non-hydrogen) atoms. The van der Waals surface area contributed by atoms with Crippen LogP contribution in [0.1, 0.15) is 0 Å². The van der Waals surface area contributed by atoms with Gasteiger partial charge in [0.2, 0.25) is 0 Å². The number of benzene rings is 2. The summed E-state index contributed by atoms with van der Waals surface area (Å²) in [5.74, 6) is 3.41. The second-order valence-corrected chi connectivity index (χ2v) is 4.37. The highest BCUT2D eigenvalue weighted by atomic mass is 16.6. The first-order valence-electron chi connectivity index (χ1n) is 6.81. The molecule has 0 spiro atoms. The van der Waals surface area contributed by atoms with Crippen LogP contribution in [0.2, 0.25) is 0 Å². The lowest BCUT2D eigenvalue weighted by atomic mass is 10.2. The summed E-state index contributed by atoms with van der Waals surface area (Å²) in [5.41, 5.74) is 0. The van der Waals surface area contributed by atoms with Gasteiger partial charge in [0.15, 0.2) is 11.5 Å². The topological polar surface area (TPSA) is 55.4 Å². The SMILES string of the molecule is COc1ccc(O[B]Oc2ccc(OC)cc2OC)c(OC)c1. The first-order valence-corrected chi connectivity index (χ1v) is 6.81. The van der Waals surface area contributed by atoms with E-state index in [1.807, 2.05) is 0 Å². The van der Waals surface area contributed by atoms with Crippen molar-refractivity contribution in [3.63, 3.8) is 0 Å². The number of methoxy groups -OCH3 is 4. The minimum atomic E-state index is 0.501. The summed E-state index contributed by atoms with van der Waals surface area (Å²) in [4.78, 5) is 0. The fourth-order valence-electron chi connectivity index (χ4n) is 1.87. The number of hydrogen-bond acceptors (Lipinski definition) is 6.